The largest absolute Gasteiger partial charge is 0.396 e. The molecular formula is C13H21NO. The fourth-order valence-corrected chi connectivity index (χ4v) is 1.56. The zero-order chi connectivity index (χ0) is 10.9. The molecule has 2 nitrogen and oxygen atoms in total. The van der Waals surface area contributed by atoms with Gasteiger partial charge in [0.25, 0.3) is 0 Å². The monoisotopic (exact) mass is 207 g/mol. The third-order valence-corrected chi connectivity index (χ3v) is 2.54. The average Bonchev–Trinajstić information content (AvgIpc) is 2.28. The van der Waals surface area contributed by atoms with Gasteiger partial charge in [0.2, 0.25) is 0 Å². The first-order valence-electron chi connectivity index (χ1n) is 5.71. The lowest BCUT2D eigenvalue weighted by Crippen LogP contribution is -2.27. The van der Waals surface area contributed by atoms with Crippen molar-refractivity contribution in [1.82, 2.24) is 5.32 Å². The van der Waals surface area contributed by atoms with Crippen molar-refractivity contribution < 1.29 is 5.11 Å². The van der Waals surface area contributed by atoms with Crippen molar-refractivity contribution in [3.8, 4) is 0 Å². The van der Waals surface area contributed by atoms with Crippen LogP contribution < -0.4 is 5.32 Å². The molecule has 1 aromatic rings. The second-order valence-electron chi connectivity index (χ2n) is 3.96. The van der Waals surface area contributed by atoms with E-state index in [-0.39, 0.29) is 6.61 Å². The number of benzene rings is 1. The van der Waals surface area contributed by atoms with Crippen LogP contribution in [-0.2, 0) is 6.42 Å². The third kappa shape index (κ3) is 5.55. The zero-order valence-electron chi connectivity index (χ0n) is 9.45. The molecule has 2 N–H and O–H groups in total. The maximum Gasteiger partial charge on any atom is 0.0443 e. The highest BCUT2D eigenvalue weighted by Crippen LogP contribution is 2.04. The van der Waals surface area contributed by atoms with E-state index in [1.165, 1.54) is 5.56 Å². The maximum atomic E-state index is 8.65. The maximum absolute atomic E-state index is 8.65. The van der Waals surface area contributed by atoms with Crippen molar-refractivity contribution in [2.75, 3.05) is 13.2 Å². The summed E-state index contributed by atoms with van der Waals surface area (Å²) in [6.45, 7) is 3.38. The molecule has 0 aliphatic heterocycles. The summed E-state index contributed by atoms with van der Waals surface area (Å²) >= 11 is 0. The number of aliphatic hydroxyl groups excluding tert-OH is 1. The van der Waals surface area contributed by atoms with E-state index in [1.807, 2.05) is 6.07 Å². The standard InChI is InChI=1S/C13H21NO/c1-12(14-10-5-11-15)8-9-13-6-3-2-4-7-13/h2-4,6-7,12,14-15H,5,8-11H2,1H3/t12-/m1/s1. The van der Waals surface area contributed by atoms with Gasteiger partial charge in [-0.05, 0) is 38.3 Å². The van der Waals surface area contributed by atoms with Gasteiger partial charge in [-0.25, -0.2) is 0 Å². The Morgan fingerprint density at radius 2 is 2.00 bits per heavy atom. The summed E-state index contributed by atoms with van der Waals surface area (Å²) < 4.78 is 0. The molecule has 0 bridgehead atoms. The Labute approximate surface area is 92.3 Å². The number of rotatable bonds is 7. The molecule has 0 amide bonds. The molecule has 0 aliphatic carbocycles. The van der Waals surface area contributed by atoms with Gasteiger partial charge in [-0.2, -0.15) is 0 Å². The Kier molecular flexibility index (Phi) is 6.05. The van der Waals surface area contributed by atoms with E-state index in [1.54, 1.807) is 0 Å². The fraction of sp³-hybridized carbons (Fsp3) is 0.538. The summed E-state index contributed by atoms with van der Waals surface area (Å²) in [5.74, 6) is 0. The molecule has 0 saturated carbocycles. The second-order valence-corrected chi connectivity index (χ2v) is 3.96. The molecule has 0 radical (unpaired) electrons. The van der Waals surface area contributed by atoms with Crippen LogP contribution in [0.15, 0.2) is 30.3 Å². The first-order chi connectivity index (χ1) is 7.33. The Morgan fingerprint density at radius 3 is 2.67 bits per heavy atom. The Balaban J connectivity index is 2.14. The number of aliphatic hydroxyl groups is 1. The minimum Gasteiger partial charge on any atom is -0.396 e. The molecule has 1 aromatic carbocycles. The fourth-order valence-electron chi connectivity index (χ4n) is 1.56. The topological polar surface area (TPSA) is 32.3 Å². The number of hydrogen-bond donors (Lipinski definition) is 2. The molecule has 0 saturated heterocycles. The van der Waals surface area contributed by atoms with E-state index < -0.39 is 0 Å². The molecule has 84 valence electrons. The number of hydrogen-bond acceptors (Lipinski definition) is 2. The van der Waals surface area contributed by atoms with Crippen molar-refractivity contribution in [3.63, 3.8) is 0 Å². The molecule has 2 heteroatoms. The SMILES string of the molecule is C[C@H](CCc1ccccc1)NCCCO. The highest BCUT2D eigenvalue weighted by molar-refractivity contribution is 5.14. The van der Waals surface area contributed by atoms with Gasteiger partial charge in [0.05, 0.1) is 0 Å². The molecule has 0 spiro atoms. The quantitative estimate of drug-likeness (QED) is 0.670. The summed E-state index contributed by atoms with van der Waals surface area (Å²) in [5.41, 5.74) is 1.40. The van der Waals surface area contributed by atoms with Gasteiger partial charge in [0.15, 0.2) is 0 Å². The van der Waals surface area contributed by atoms with E-state index in [9.17, 15) is 0 Å². The third-order valence-electron chi connectivity index (χ3n) is 2.54. The molecule has 15 heavy (non-hydrogen) atoms. The van der Waals surface area contributed by atoms with Crippen LogP contribution in [0.4, 0.5) is 0 Å². The second kappa shape index (κ2) is 7.43. The summed E-state index contributed by atoms with van der Waals surface area (Å²) in [5, 5.41) is 12.0. The summed E-state index contributed by atoms with van der Waals surface area (Å²) in [4.78, 5) is 0. The van der Waals surface area contributed by atoms with Gasteiger partial charge in [-0.15, -0.1) is 0 Å². The Morgan fingerprint density at radius 1 is 1.27 bits per heavy atom. The first kappa shape index (κ1) is 12.2. The van der Waals surface area contributed by atoms with Gasteiger partial charge in [0, 0.05) is 12.6 Å². The zero-order valence-corrected chi connectivity index (χ0v) is 9.45. The van der Waals surface area contributed by atoms with Crippen molar-refractivity contribution in [2.45, 2.75) is 32.2 Å². The van der Waals surface area contributed by atoms with Crippen molar-refractivity contribution in [3.05, 3.63) is 35.9 Å². The minimum atomic E-state index is 0.276. The average molecular weight is 207 g/mol. The normalized spacial score (nSPS) is 12.7. The summed E-state index contributed by atoms with van der Waals surface area (Å²) in [6, 6.07) is 11.1. The van der Waals surface area contributed by atoms with Crippen LogP contribution in [0.2, 0.25) is 0 Å². The highest BCUT2D eigenvalue weighted by atomic mass is 16.3. The van der Waals surface area contributed by atoms with Crippen molar-refractivity contribution >= 4 is 0 Å². The van der Waals surface area contributed by atoms with Crippen molar-refractivity contribution in [2.24, 2.45) is 0 Å². The van der Waals surface area contributed by atoms with Gasteiger partial charge < -0.3 is 10.4 Å². The molecule has 0 fully saturated rings. The lowest BCUT2D eigenvalue weighted by atomic mass is 10.1. The Hall–Kier alpha value is -0.860. The molecule has 1 rings (SSSR count). The van der Waals surface area contributed by atoms with Gasteiger partial charge in [-0.1, -0.05) is 30.3 Å². The number of aryl methyl sites for hydroxylation is 1. The number of nitrogens with one attached hydrogen (secondary N) is 1. The smallest absolute Gasteiger partial charge is 0.0443 e. The van der Waals surface area contributed by atoms with Crippen LogP contribution >= 0.6 is 0 Å². The van der Waals surface area contributed by atoms with Crippen LogP contribution in [0.3, 0.4) is 0 Å². The summed E-state index contributed by atoms with van der Waals surface area (Å²) in [7, 11) is 0. The van der Waals surface area contributed by atoms with E-state index in [0.717, 1.165) is 25.8 Å². The van der Waals surface area contributed by atoms with Crippen LogP contribution in [0.1, 0.15) is 25.3 Å². The van der Waals surface area contributed by atoms with Gasteiger partial charge >= 0.3 is 0 Å². The summed E-state index contributed by atoms with van der Waals surface area (Å²) in [6.07, 6.45) is 3.11. The van der Waals surface area contributed by atoms with Crippen LogP contribution in [0.25, 0.3) is 0 Å². The minimum absolute atomic E-state index is 0.276. The molecular weight excluding hydrogens is 186 g/mol. The molecule has 0 unspecified atom stereocenters. The lowest BCUT2D eigenvalue weighted by Gasteiger charge is -2.13. The highest BCUT2D eigenvalue weighted by Gasteiger charge is 2.00. The predicted molar refractivity (Wildman–Crippen MR) is 63.9 cm³/mol. The molecule has 0 aromatic heterocycles. The van der Waals surface area contributed by atoms with Crippen LogP contribution in [-0.4, -0.2) is 24.3 Å². The van der Waals surface area contributed by atoms with Crippen LogP contribution in [0, 0.1) is 0 Å². The van der Waals surface area contributed by atoms with Crippen molar-refractivity contribution in [1.29, 1.82) is 0 Å². The van der Waals surface area contributed by atoms with Gasteiger partial charge in [0.1, 0.15) is 0 Å². The first-order valence-corrected chi connectivity index (χ1v) is 5.71. The van der Waals surface area contributed by atoms with E-state index >= 15 is 0 Å². The molecule has 1 atom stereocenters. The van der Waals surface area contributed by atoms with Gasteiger partial charge in [-0.3, -0.25) is 0 Å². The van der Waals surface area contributed by atoms with E-state index in [2.05, 4.69) is 36.5 Å². The Bertz CT molecular complexity index is 248. The van der Waals surface area contributed by atoms with Crippen LogP contribution in [0.5, 0.6) is 0 Å². The predicted octanol–water partition coefficient (Wildman–Crippen LogP) is 1.98. The molecule has 0 aliphatic rings. The molecule has 0 heterocycles. The van der Waals surface area contributed by atoms with E-state index in [4.69, 9.17) is 5.11 Å². The lowest BCUT2D eigenvalue weighted by molar-refractivity contribution is 0.283. The van der Waals surface area contributed by atoms with E-state index in [0.29, 0.717) is 6.04 Å².